The third kappa shape index (κ3) is 2.93. The topological polar surface area (TPSA) is 26.0 Å². The molecular formula is C10H10ClN. The fraction of sp³-hybridized carbons (Fsp3) is 0.100. The zero-order chi connectivity index (χ0) is 8.81. The van der Waals surface area contributed by atoms with Crippen molar-refractivity contribution in [1.82, 2.24) is 0 Å². The van der Waals surface area contributed by atoms with Crippen molar-refractivity contribution >= 4 is 17.7 Å². The van der Waals surface area contributed by atoms with Crippen LogP contribution in [0.4, 0.5) is 0 Å². The lowest BCUT2D eigenvalue weighted by molar-refractivity contribution is 1.26. The molecule has 0 amide bonds. The Kier molecular flexibility index (Phi) is 3.62. The minimum Gasteiger partial charge on any atom is -0.326 e. The fourth-order valence-electron chi connectivity index (χ4n) is 0.782. The van der Waals surface area contributed by atoms with E-state index in [1.807, 2.05) is 30.3 Å². The summed E-state index contributed by atoms with van der Waals surface area (Å²) in [5.74, 6) is 0. The Morgan fingerprint density at radius 1 is 1.33 bits per heavy atom. The standard InChI is InChI=1S/C10H10ClN/c11-10-6-4-9(5-7-10)3-1-2-8-12/h2-7H,8,12H2. The molecule has 0 aliphatic heterocycles. The molecule has 0 aromatic heterocycles. The lowest BCUT2D eigenvalue weighted by Crippen LogP contribution is -1.90. The number of hydrogen-bond acceptors (Lipinski definition) is 1. The van der Waals surface area contributed by atoms with Crippen LogP contribution in [-0.4, -0.2) is 6.54 Å². The van der Waals surface area contributed by atoms with Crippen LogP contribution in [0.1, 0.15) is 5.56 Å². The van der Waals surface area contributed by atoms with Crippen LogP contribution in [0.3, 0.4) is 0 Å². The maximum atomic E-state index is 5.71. The summed E-state index contributed by atoms with van der Waals surface area (Å²) in [5, 5.41) is 0.745. The van der Waals surface area contributed by atoms with Crippen LogP contribution in [0.2, 0.25) is 5.02 Å². The highest BCUT2D eigenvalue weighted by molar-refractivity contribution is 6.30. The summed E-state index contributed by atoms with van der Waals surface area (Å²) in [4.78, 5) is 0. The maximum absolute atomic E-state index is 5.71. The summed E-state index contributed by atoms with van der Waals surface area (Å²) >= 11 is 5.71. The Morgan fingerprint density at radius 2 is 2.00 bits per heavy atom. The van der Waals surface area contributed by atoms with E-state index in [2.05, 4.69) is 5.73 Å². The Labute approximate surface area is 77.2 Å². The Morgan fingerprint density at radius 3 is 2.58 bits per heavy atom. The van der Waals surface area contributed by atoms with Gasteiger partial charge in [0.25, 0.3) is 0 Å². The van der Waals surface area contributed by atoms with Crippen molar-refractivity contribution in [2.24, 2.45) is 5.73 Å². The summed E-state index contributed by atoms with van der Waals surface area (Å²) in [7, 11) is 0. The molecule has 1 aromatic carbocycles. The van der Waals surface area contributed by atoms with E-state index in [4.69, 9.17) is 17.3 Å². The van der Waals surface area contributed by atoms with Gasteiger partial charge in [-0.1, -0.05) is 23.7 Å². The molecule has 0 aliphatic carbocycles. The third-order valence-corrected chi connectivity index (χ3v) is 1.61. The van der Waals surface area contributed by atoms with Crippen LogP contribution in [0.25, 0.3) is 6.08 Å². The molecular weight excluding hydrogens is 170 g/mol. The van der Waals surface area contributed by atoms with E-state index >= 15 is 0 Å². The first-order valence-corrected chi connectivity index (χ1v) is 4.07. The molecule has 1 nitrogen and oxygen atoms in total. The number of rotatable bonds is 2. The summed E-state index contributed by atoms with van der Waals surface area (Å²) in [5.41, 5.74) is 9.28. The predicted molar refractivity (Wildman–Crippen MR) is 53.1 cm³/mol. The first-order chi connectivity index (χ1) is 5.83. The second-order valence-corrected chi connectivity index (χ2v) is 2.74. The molecule has 0 aliphatic rings. The molecule has 2 heteroatoms. The molecule has 0 unspecified atom stereocenters. The number of benzene rings is 1. The van der Waals surface area contributed by atoms with Crippen LogP contribution < -0.4 is 5.73 Å². The van der Waals surface area contributed by atoms with Crippen molar-refractivity contribution in [3.8, 4) is 0 Å². The van der Waals surface area contributed by atoms with Gasteiger partial charge in [0.1, 0.15) is 0 Å². The van der Waals surface area contributed by atoms with Crippen LogP contribution in [0, 0.1) is 0 Å². The monoisotopic (exact) mass is 179 g/mol. The summed E-state index contributed by atoms with van der Waals surface area (Å²) < 4.78 is 0. The average Bonchev–Trinajstić information content (AvgIpc) is 2.09. The third-order valence-electron chi connectivity index (χ3n) is 1.36. The van der Waals surface area contributed by atoms with Gasteiger partial charge in [0.2, 0.25) is 0 Å². The molecule has 0 saturated carbocycles. The van der Waals surface area contributed by atoms with Gasteiger partial charge in [-0.05, 0) is 29.8 Å². The lowest BCUT2D eigenvalue weighted by Gasteiger charge is -1.90. The number of nitrogens with two attached hydrogens (primary N) is 1. The first kappa shape index (κ1) is 9.08. The summed E-state index contributed by atoms with van der Waals surface area (Å²) in [6.07, 6.45) is 3.64. The van der Waals surface area contributed by atoms with Crippen molar-refractivity contribution in [3.05, 3.63) is 46.7 Å². The molecule has 62 valence electrons. The first-order valence-electron chi connectivity index (χ1n) is 3.69. The summed E-state index contributed by atoms with van der Waals surface area (Å²) in [6.45, 7) is 0.518. The minimum absolute atomic E-state index is 0.518. The van der Waals surface area contributed by atoms with Crippen LogP contribution in [0.5, 0.6) is 0 Å². The Hall–Kier alpha value is -1.01. The molecule has 0 spiro atoms. The minimum atomic E-state index is 0.518. The smallest absolute Gasteiger partial charge is 0.0406 e. The van der Waals surface area contributed by atoms with Crippen molar-refractivity contribution in [3.63, 3.8) is 0 Å². The number of hydrogen-bond donors (Lipinski definition) is 1. The molecule has 0 bridgehead atoms. The Bertz CT molecular complexity index is 294. The maximum Gasteiger partial charge on any atom is 0.0406 e. The molecule has 12 heavy (non-hydrogen) atoms. The largest absolute Gasteiger partial charge is 0.326 e. The average molecular weight is 180 g/mol. The molecule has 1 aromatic rings. The van der Waals surface area contributed by atoms with Crippen molar-refractivity contribution in [2.75, 3.05) is 6.54 Å². The van der Waals surface area contributed by atoms with Gasteiger partial charge in [-0.25, -0.2) is 0 Å². The van der Waals surface area contributed by atoms with E-state index in [0.717, 1.165) is 10.6 Å². The van der Waals surface area contributed by atoms with Crippen molar-refractivity contribution in [1.29, 1.82) is 0 Å². The summed E-state index contributed by atoms with van der Waals surface area (Å²) in [6, 6.07) is 7.55. The quantitative estimate of drug-likeness (QED) is 0.694. The highest BCUT2D eigenvalue weighted by Gasteiger charge is 1.85. The van der Waals surface area contributed by atoms with E-state index in [1.165, 1.54) is 0 Å². The zero-order valence-electron chi connectivity index (χ0n) is 6.63. The van der Waals surface area contributed by atoms with Gasteiger partial charge in [0.05, 0.1) is 0 Å². The van der Waals surface area contributed by atoms with Crippen molar-refractivity contribution in [2.45, 2.75) is 0 Å². The molecule has 0 atom stereocenters. The van der Waals surface area contributed by atoms with Gasteiger partial charge in [0, 0.05) is 11.6 Å². The van der Waals surface area contributed by atoms with Crippen molar-refractivity contribution < 1.29 is 0 Å². The fourth-order valence-corrected chi connectivity index (χ4v) is 0.908. The van der Waals surface area contributed by atoms with E-state index in [0.29, 0.717) is 6.54 Å². The van der Waals surface area contributed by atoms with Gasteiger partial charge >= 0.3 is 0 Å². The van der Waals surface area contributed by atoms with E-state index in [1.54, 1.807) is 6.08 Å². The van der Waals surface area contributed by atoms with Gasteiger partial charge in [-0.2, -0.15) is 0 Å². The highest BCUT2D eigenvalue weighted by Crippen LogP contribution is 2.09. The highest BCUT2D eigenvalue weighted by atomic mass is 35.5. The van der Waals surface area contributed by atoms with Gasteiger partial charge in [-0.3, -0.25) is 0 Å². The van der Waals surface area contributed by atoms with Crippen LogP contribution in [-0.2, 0) is 0 Å². The SMILES string of the molecule is NCC=C=Cc1ccc(Cl)cc1. The molecule has 0 radical (unpaired) electrons. The predicted octanol–water partition coefficient (Wildman–Crippen LogP) is 2.47. The van der Waals surface area contributed by atoms with E-state index in [-0.39, 0.29) is 0 Å². The zero-order valence-corrected chi connectivity index (χ0v) is 7.38. The normalized spacial score (nSPS) is 8.83. The number of halogens is 1. The van der Waals surface area contributed by atoms with Gasteiger partial charge in [-0.15, -0.1) is 5.73 Å². The molecule has 0 heterocycles. The van der Waals surface area contributed by atoms with Gasteiger partial charge in [0.15, 0.2) is 0 Å². The molecule has 0 fully saturated rings. The van der Waals surface area contributed by atoms with E-state index in [9.17, 15) is 0 Å². The molecule has 2 N–H and O–H groups in total. The molecule has 0 saturated heterocycles. The Balaban J connectivity index is 2.77. The van der Waals surface area contributed by atoms with Gasteiger partial charge < -0.3 is 5.73 Å². The van der Waals surface area contributed by atoms with Crippen LogP contribution in [0.15, 0.2) is 36.1 Å². The van der Waals surface area contributed by atoms with E-state index < -0.39 is 0 Å². The van der Waals surface area contributed by atoms with Crippen LogP contribution >= 0.6 is 11.6 Å². The lowest BCUT2D eigenvalue weighted by atomic mass is 10.2. The second-order valence-electron chi connectivity index (χ2n) is 2.30. The molecule has 1 rings (SSSR count). The second kappa shape index (κ2) is 4.78.